The Kier molecular flexibility index (Phi) is 7.74. The van der Waals surface area contributed by atoms with Crippen molar-refractivity contribution in [3.63, 3.8) is 0 Å². The van der Waals surface area contributed by atoms with Crippen molar-refractivity contribution in [1.29, 1.82) is 0 Å². The van der Waals surface area contributed by atoms with Crippen molar-refractivity contribution in [3.05, 3.63) is 95.1 Å². The number of hydrogen-bond donors (Lipinski definition) is 1. The first kappa shape index (κ1) is 26.5. The monoisotopic (exact) mass is 642 g/mol. The van der Waals surface area contributed by atoms with Crippen LogP contribution < -0.4 is 0 Å². The summed E-state index contributed by atoms with van der Waals surface area (Å²) < 4.78 is 0. The maximum atomic E-state index is 10.0. The van der Waals surface area contributed by atoms with Gasteiger partial charge in [0.25, 0.3) is 0 Å². The third kappa shape index (κ3) is 5.12. The number of ketones is 1. The SMILES string of the molecule is CC(=O)/C=C(/C)O.Cc1[c-]c(-c2ncnc3c2-c2c(ccc4ccccc24)C3(C)C)cc(C)c1.[Ir]. The number of rotatable bonds is 2. The summed E-state index contributed by atoms with van der Waals surface area (Å²) in [6.45, 7) is 11.6. The second kappa shape index (κ2) is 10.2. The minimum absolute atomic E-state index is 0. The molecule has 1 aliphatic rings. The summed E-state index contributed by atoms with van der Waals surface area (Å²) in [7, 11) is 0. The minimum Gasteiger partial charge on any atom is -0.512 e. The van der Waals surface area contributed by atoms with E-state index < -0.39 is 0 Å². The quantitative estimate of drug-likeness (QED) is 0.145. The number of aliphatic hydroxyl groups excluding tert-OH is 1. The van der Waals surface area contributed by atoms with E-state index in [9.17, 15) is 4.79 Å². The number of allylic oxidation sites excluding steroid dienone is 2. The van der Waals surface area contributed by atoms with Crippen LogP contribution in [0.1, 0.15) is 50.1 Å². The summed E-state index contributed by atoms with van der Waals surface area (Å²) in [6.07, 6.45) is 2.87. The molecule has 0 fully saturated rings. The molecule has 0 saturated carbocycles. The van der Waals surface area contributed by atoms with Gasteiger partial charge in [-0.25, -0.2) is 4.98 Å². The molecular formula is C30H29IrN2O2-. The summed E-state index contributed by atoms with van der Waals surface area (Å²) >= 11 is 0. The molecule has 1 radical (unpaired) electrons. The van der Waals surface area contributed by atoms with Gasteiger partial charge in [0.05, 0.1) is 11.5 Å². The first-order valence-electron chi connectivity index (χ1n) is 11.4. The van der Waals surface area contributed by atoms with E-state index in [1.807, 2.05) is 0 Å². The van der Waals surface area contributed by atoms with Gasteiger partial charge in [0.2, 0.25) is 0 Å². The van der Waals surface area contributed by atoms with Gasteiger partial charge in [0.1, 0.15) is 6.33 Å². The Morgan fingerprint density at radius 3 is 2.34 bits per heavy atom. The fraction of sp³-hybridized carbons (Fsp3) is 0.233. The first-order valence-corrected chi connectivity index (χ1v) is 11.4. The third-order valence-electron chi connectivity index (χ3n) is 6.11. The number of aromatic nitrogens is 2. The van der Waals surface area contributed by atoms with E-state index in [1.165, 1.54) is 47.4 Å². The number of carbonyl (C=O) groups is 1. The molecule has 0 amide bonds. The Bertz CT molecular complexity index is 1430. The molecule has 3 aromatic carbocycles. The second-order valence-electron chi connectivity index (χ2n) is 9.43. The molecule has 1 N–H and O–H groups in total. The van der Waals surface area contributed by atoms with Crippen molar-refractivity contribution in [2.45, 2.75) is 47.0 Å². The maximum absolute atomic E-state index is 10.0. The van der Waals surface area contributed by atoms with Gasteiger partial charge >= 0.3 is 0 Å². The molecular weight excluding hydrogens is 613 g/mol. The van der Waals surface area contributed by atoms with Crippen LogP contribution in [0.2, 0.25) is 0 Å². The van der Waals surface area contributed by atoms with Crippen LogP contribution in [0.25, 0.3) is 33.2 Å². The van der Waals surface area contributed by atoms with Crippen LogP contribution in [-0.2, 0) is 30.3 Å². The largest absolute Gasteiger partial charge is 0.512 e. The molecule has 4 aromatic rings. The topological polar surface area (TPSA) is 63.1 Å². The predicted molar refractivity (Wildman–Crippen MR) is 138 cm³/mol. The van der Waals surface area contributed by atoms with Gasteiger partial charge in [-0.2, -0.15) is 0 Å². The van der Waals surface area contributed by atoms with Crippen LogP contribution in [0.3, 0.4) is 0 Å². The Balaban J connectivity index is 0.000000378. The Morgan fingerprint density at radius 2 is 1.71 bits per heavy atom. The van der Waals surface area contributed by atoms with E-state index in [4.69, 9.17) is 15.1 Å². The van der Waals surface area contributed by atoms with Gasteiger partial charge in [-0.05, 0) is 47.0 Å². The number of carbonyl (C=O) groups excluding carboxylic acids is 1. The Labute approximate surface area is 220 Å². The molecule has 181 valence electrons. The number of aliphatic hydroxyl groups is 1. The average Bonchev–Trinajstić information content (AvgIpc) is 3.00. The standard InChI is InChI=1S/C25H21N2.C5H8O2.Ir/c1-15-11-16(2)13-18(12-15)23-22-21-19-8-6-5-7-17(19)9-10-20(21)25(3,4)24(22)27-14-26-23;1-4(6)3-5(2)7;/h5-12,14H,1-4H3;3,6H,1-2H3;/q-1;;/b;4-3-;. The normalized spacial score (nSPS) is 13.3. The van der Waals surface area contributed by atoms with Gasteiger partial charge in [-0.3, -0.25) is 9.78 Å². The molecule has 35 heavy (non-hydrogen) atoms. The zero-order valence-corrected chi connectivity index (χ0v) is 23.3. The van der Waals surface area contributed by atoms with Crippen molar-refractivity contribution in [2.24, 2.45) is 0 Å². The summed E-state index contributed by atoms with van der Waals surface area (Å²) in [5.41, 5.74) is 9.10. The molecule has 5 heteroatoms. The first-order chi connectivity index (χ1) is 16.1. The minimum atomic E-state index is -0.148. The summed E-state index contributed by atoms with van der Waals surface area (Å²) in [5.74, 6) is -0.0625. The molecule has 1 aliphatic carbocycles. The van der Waals surface area contributed by atoms with E-state index in [0.29, 0.717) is 0 Å². The zero-order chi connectivity index (χ0) is 24.6. The van der Waals surface area contributed by atoms with Crippen LogP contribution in [0, 0.1) is 19.9 Å². The molecule has 4 nitrogen and oxygen atoms in total. The number of nitrogens with zero attached hydrogens (tertiary/aromatic N) is 2. The van der Waals surface area contributed by atoms with E-state index in [-0.39, 0.29) is 37.1 Å². The number of benzene rings is 3. The van der Waals surface area contributed by atoms with Crippen LogP contribution >= 0.6 is 0 Å². The van der Waals surface area contributed by atoms with Gasteiger partial charge in [-0.15, -0.1) is 34.9 Å². The van der Waals surface area contributed by atoms with Crippen LogP contribution in [0.15, 0.2) is 66.7 Å². The third-order valence-corrected chi connectivity index (χ3v) is 6.11. The summed E-state index contributed by atoms with van der Waals surface area (Å²) in [4.78, 5) is 19.5. The smallest absolute Gasteiger partial charge is 0.155 e. The van der Waals surface area contributed by atoms with E-state index in [1.54, 1.807) is 6.33 Å². The predicted octanol–water partition coefficient (Wildman–Crippen LogP) is 7.05. The fourth-order valence-electron chi connectivity index (χ4n) is 4.81. The summed E-state index contributed by atoms with van der Waals surface area (Å²) in [6, 6.07) is 20.9. The molecule has 0 atom stereocenters. The van der Waals surface area contributed by atoms with E-state index in [2.05, 4.69) is 82.3 Å². The molecule has 1 aromatic heterocycles. The number of fused-ring (bicyclic) bond motifs is 5. The molecule has 5 rings (SSSR count). The van der Waals surface area contributed by atoms with Gasteiger partial charge in [-0.1, -0.05) is 64.1 Å². The van der Waals surface area contributed by atoms with Crippen LogP contribution in [-0.4, -0.2) is 20.9 Å². The molecule has 0 aliphatic heterocycles. The Morgan fingerprint density at radius 1 is 1.00 bits per heavy atom. The van der Waals surface area contributed by atoms with Crippen molar-refractivity contribution >= 4 is 16.6 Å². The molecule has 0 bridgehead atoms. The van der Waals surface area contributed by atoms with Gasteiger partial charge in [0, 0.05) is 31.6 Å². The second-order valence-corrected chi connectivity index (χ2v) is 9.43. The van der Waals surface area contributed by atoms with Gasteiger partial charge < -0.3 is 5.11 Å². The molecule has 0 unspecified atom stereocenters. The number of aryl methyl sites for hydroxylation is 2. The zero-order valence-electron chi connectivity index (χ0n) is 20.9. The maximum Gasteiger partial charge on any atom is 0.155 e. The number of hydrogen-bond acceptors (Lipinski definition) is 4. The van der Waals surface area contributed by atoms with Crippen molar-refractivity contribution in [1.82, 2.24) is 9.97 Å². The molecule has 1 heterocycles. The summed E-state index contributed by atoms with van der Waals surface area (Å²) in [5, 5.41) is 10.9. The average molecular weight is 642 g/mol. The van der Waals surface area contributed by atoms with Gasteiger partial charge in [0.15, 0.2) is 5.78 Å². The van der Waals surface area contributed by atoms with E-state index >= 15 is 0 Å². The fourth-order valence-corrected chi connectivity index (χ4v) is 4.81. The molecule has 0 saturated heterocycles. The van der Waals surface area contributed by atoms with Crippen molar-refractivity contribution in [3.8, 4) is 22.4 Å². The van der Waals surface area contributed by atoms with Crippen LogP contribution in [0.5, 0.6) is 0 Å². The van der Waals surface area contributed by atoms with Crippen molar-refractivity contribution in [2.75, 3.05) is 0 Å². The molecule has 0 spiro atoms. The van der Waals surface area contributed by atoms with Crippen LogP contribution in [0.4, 0.5) is 0 Å². The Hall–Kier alpha value is -3.14. The van der Waals surface area contributed by atoms with E-state index in [0.717, 1.165) is 28.1 Å². The van der Waals surface area contributed by atoms with Crippen molar-refractivity contribution < 1.29 is 30.0 Å².